The van der Waals surface area contributed by atoms with E-state index in [-0.39, 0.29) is 0 Å². The van der Waals surface area contributed by atoms with Gasteiger partial charge in [-0.2, -0.15) is 4.98 Å². The normalized spacial score (nSPS) is 16.5. The zero-order chi connectivity index (χ0) is 20.5. The van der Waals surface area contributed by atoms with Crippen molar-refractivity contribution in [1.29, 1.82) is 0 Å². The van der Waals surface area contributed by atoms with Crippen LogP contribution in [0.15, 0.2) is 34.7 Å². The number of thiocarbonyl (C=S) groups is 1. The zero-order valence-corrected chi connectivity index (χ0v) is 18.4. The van der Waals surface area contributed by atoms with E-state index >= 15 is 0 Å². The van der Waals surface area contributed by atoms with Crippen molar-refractivity contribution in [1.82, 2.24) is 25.3 Å². The molecule has 29 heavy (non-hydrogen) atoms. The number of hydrogen-bond donors (Lipinski definition) is 2. The Hall–Kier alpha value is -2.04. The lowest BCUT2D eigenvalue weighted by Gasteiger charge is -2.32. The van der Waals surface area contributed by atoms with Gasteiger partial charge in [0, 0.05) is 51.8 Å². The van der Waals surface area contributed by atoms with E-state index in [1.165, 1.54) is 18.2 Å². The van der Waals surface area contributed by atoms with Gasteiger partial charge in [0.15, 0.2) is 10.3 Å². The number of piperidine rings is 1. The number of rotatable bonds is 8. The Morgan fingerprint density at radius 2 is 2.17 bits per heavy atom. The van der Waals surface area contributed by atoms with Crippen molar-refractivity contribution < 1.29 is 4.74 Å². The largest absolute Gasteiger partial charge is 0.385 e. The summed E-state index contributed by atoms with van der Waals surface area (Å²) in [4.78, 5) is 20.2. The second-order valence-electron chi connectivity index (χ2n) is 6.94. The van der Waals surface area contributed by atoms with Gasteiger partial charge in [-0.25, -0.2) is 15.0 Å². The molecule has 0 radical (unpaired) electrons. The fourth-order valence-electron chi connectivity index (χ4n) is 3.08. The highest BCUT2D eigenvalue weighted by Gasteiger charge is 2.20. The van der Waals surface area contributed by atoms with E-state index in [0.29, 0.717) is 28.7 Å². The van der Waals surface area contributed by atoms with Crippen molar-refractivity contribution in [3.63, 3.8) is 0 Å². The first-order valence-electron chi connectivity index (χ1n) is 9.76. The maximum absolute atomic E-state index is 5.39. The molecule has 1 aliphatic rings. The van der Waals surface area contributed by atoms with Gasteiger partial charge in [-0.15, -0.1) is 0 Å². The first-order chi connectivity index (χ1) is 14.1. The second-order valence-corrected chi connectivity index (χ2v) is 8.34. The van der Waals surface area contributed by atoms with Crippen molar-refractivity contribution >= 4 is 40.9 Å². The minimum Gasteiger partial charge on any atom is -0.385 e. The van der Waals surface area contributed by atoms with E-state index in [1.54, 1.807) is 25.6 Å². The van der Waals surface area contributed by atoms with Crippen LogP contribution in [-0.4, -0.2) is 58.4 Å². The van der Waals surface area contributed by atoms with Gasteiger partial charge in [-0.1, -0.05) is 6.92 Å². The molecule has 1 aliphatic heterocycles. The molecule has 0 spiro atoms. The Labute approximate surface area is 181 Å². The quantitative estimate of drug-likeness (QED) is 0.280. The molecule has 1 saturated heterocycles. The van der Waals surface area contributed by atoms with Crippen LogP contribution in [0.3, 0.4) is 0 Å². The van der Waals surface area contributed by atoms with Gasteiger partial charge < -0.3 is 20.3 Å². The van der Waals surface area contributed by atoms with E-state index in [4.69, 9.17) is 21.9 Å². The monoisotopic (exact) mass is 433 g/mol. The average molecular weight is 434 g/mol. The number of aromatic nitrogens is 4. The summed E-state index contributed by atoms with van der Waals surface area (Å²) in [5, 5.41) is 8.20. The minimum absolute atomic E-state index is 0.475. The van der Waals surface area contributed by atoms with Gasteiger partial charge in [0.25, 0.3) is 0 Å². The molecule has 2 N–H and O–H groups in total. The number of methoxy groups -OCH3 is 1. The molecule has 8 nitrogen and oxygen atoms in total. The summed E-state index contributed by atoms with van der Waals surface area (Å²) < 4.78 is 5.06. The SMILES string of the molecule is COCCCNC(=S)Nc1nc(Sc2ncccn2)cc(N2CCCC(C)C2)n1. The van der Waals surface area contributed by atoms with Crippen molar-refractivity contribution in [3.05, 3.63) is 24.5 Å². The Morgan fingerprint density at radius 1 is 1.34 bits per heavy atom. The van der Waals surface area contributed by atoms with Gasteiger partial charge >= 0.3 is 0 Å². The van der Waals surface area contributed by atoms with Crippen LogP contribution in [0, 0.1) is 5.92 Å². The third kappa shape index (κ3) is 7.06. The van der Waals surface area contributed by atoms with Gasteiger partial charge in [-0.3, -0.25) is 0 Å². The van der Waals surface area contributed by atoms with Crippen LogP contribution in [0.4, 0.5) is 11.8 Å². The standard InChI is InChI=1S/C19H27N7OS2/c1-14-6-3-10-26(13-14)15-12-16(29-19-21-7-4-8-22-19)24-17(23-15)25-18(28)20-9-5-11-27-2/h4,7-8,12,14H,3,5-6,9-11,13H2,1-2H3,(H2,20,23,24,25,28). The molecular formula is C19H27N7OS2. The Balaban J connectivity index is 1.75. The summed E-state index contributed by atoms with van der Waals surface area (Å²) in [6, 6.07) is 3.80. The number of nitrogens with one attached hydrogen (secondary N) is 2. The molecule has 3 rings (SSSR count). The lowest BCUT2D eigenvalue weighted by molar-refractivity contribution is 0.196. The van der Waals surface area contributed by atoms with Crippen molar-refractivity contribution in [2.45, 2.75) is 36.4 Å². The molecule has 10 heteroatoms. The van der Waals surface area contributed by atoms with Crippen LogP contribution < -0.4 is 15.5 Å². The fourth-order valence-corrected chi connectivity index (χ4v) is 3.98. The molecule has 0 bridgehead atoms. The van der Waals surface area contributed by atoms with Crippen LogP contribution in [-0.2, 0) is 4.74 Å². The van der Waals surface area contributed by atoms with E-state index in [1.807, 2.05) is 6.07 Å². The summed E-state index contributed by atoms with van der Waals surface area (Å²) >= 11 is 6.80. The third-order valence-electron chi connectivity index (χ3n) is 4.44. The van der Waals surface area contributed by atoms with Crippen molar-refractivity contribution in [2.75, 3.05) is 43.6 Å². The van der Waals surface area contributed by atoms with Crippen molar-refractivity contribution in [3.8, 4) is 0 Å². The first-order valence-corrected chi connectivity index (χ1v) is 11.0. The Kier molecular flexibility index (Phi) is 8.38. The number of ether oxygens (including phenoxy) is 1. The molecular weight excluding hydrogens is 406 g/mol. The highest BCUT2D eigenvalue weighted by atomic mass is 32.2. The molecule has 0 saturated carbocycles. The van der Waals surface area contributed by atoms with E-state index in [2.05, 4.69) is 37.4 Å². The number of nitrogens with zero attached hydrogens (tertiary/aromatic N) is 5. The highest BCUT2D eigenvalue weighted by molar-refractivity contribution is 7.99. The number of hydrogen-bond acceptors (Lipinski definition) is 8. The first kappa shape index (κ1) is 21.7. The van der Waals surface area contributed by atoms with E-state index < -0.39 is 0 Å². The second kappa shape index (κ2) is 11.2. The van der Waals surface area contributed by atoms with E-state index in [9.17, 15) is 0 Å². The number of anilines is 2. The molecule has 156 valence electrons. The summed E-state index contributed by atoms with van der Waals surface area (Å²) in [5.41, 5.74) is 0. The molecule has 2 aromatic rings. The summed E-state index contributed by atoms with van der Waals surface area (Å²) in [7, 11) is 1.69. The zero-order valence-electron chi connectivity index (χ0n) is 16.8. The summed E-state index contributed by atoms with van der Waals surface area (Å²) in [5.74, 6) is 2.02. The van der Waals surface area contributed by atoms with Crippen LogP contribution in [0.25, 0.3) is 0 Å². The summed E-state index contributed by atoms with van der Waals surface area (Å²) in [6.45, 7) is 5.67. The minimum atomic E-state index is 0.475. The molecule has 0 amide bonds. The summed E-state index contributed by atoms with van der Waals surface area (Å²) in [6.07, 6.45) is 6.74. The third-order valence-corrected chi connectivity index (χ3v) is 5.50. The predicted molar refractivity (Wildman–Crippen MR) is 120 cm³/mol. The topological polar surface area (TPSA) is 88.1 Å². The average Bonchev–Trinajstić information content (AvgIpc) is 2.72. The molecule has 3 heterocycles. The molecule has 1 atom stereocenters. The maximum Gasteiger partial charge on any atom is 0.232 e. The predicted octanol–water partition coefficient (Wildman–Crippen LogP) is 2.98. The van der Waals surface area contributed by atoms with Crippen LogP contribution in [0.2, 0.25) is 0 Å². The van der Waals surface area contributed by atoms with Gasteiger partial charge in [0.1, 0.15) is 10.8 Å². The van der Waals surface area contributed by atoms with Gasteiger partial charge in [0.05, 0.1) is 0 Å². The van der Waals surface area contributed by atoms with Crippen LogP contribution in [0.1, 0.15) is 26.2 Å². The molecule has 2 aromatic heterocycles. The smallest absolute Gasteiger partial charge is 0.232 e. The molecule has 0 aromatic carbocycles. The fraction of sp³-hybridized carbons (Fsp3) is 0.526. The molecule has 0 aliphatic carbocycles. The highest BCUT2D eigenvalue weighted by Crippen LogP contribution is 2.28. The Bertz CT molecular complexity index is 793. The van der Waals surface area contributed by atoms with E-state index in [0.717, 1.165) is 43.3 Å². The van der Waals surface area contributed by atoms with Crippen molar-refractivity contribution in [2.24, 2.45) is 5.92 Å². The van der Waals surface area contributed by atoms with Crippen LogP contribution in [0.5, 0.6) is 0 Å². The molecule has 1 fully saturated rings. The molecule has 1 unspecified atom stereocenters. The Morgan fingerprint density at radius 3 is 2.93 bits per heavy atom. The van der Waals surface area contributed by atoms with Crippen LogP contribution >= 0.6 is 24.0 Å². The van der Waals surface area contributed by atoms with Gasteiger partial charge in [-0.05, 0) is 55.2 Å². The lowest BCUT2D eigenvalue weighted by atomic mass is 10.0. The van der Waals surface area contributed by atoms with Gasteiger partial charge in [0.2, 0.25) is 5.95 Å². The maximum atomic E-state index is 5.39. The lowest BCUT2D eigenvalue weighted by Crippen LogP contribution is -2.35.